The SMILES string of the molecule is COc1ccccc1CCC(=O)N1CCc2c(cn(Cc3ccccc3)c(=O)c2C(N)=O)C1. The molecule has 0 atom stereocenters. The number of nitrogens with two attached hydrogens (primary N) is 1. The van der Waals surface area contributed by atoms with Gasteiger partial charge in [-0.1, -0.05) is 48.5 Å². The Kier molecular flexibility index (Phi) is 6.58. The van der Waals surface area contributed by atoms with E-state index in [0.29, 0.717) is 44.5 Å². The number of pyridine rings is 1. The molecular weight excluding hydrogens is 418 g/mol. The summed E-state index contributed by atoms with van der Waals surface area (Å²) in [4.78, 5) is 39.9. The first-order chi connectivity index (χ1) is 16.0. The number of nitrogens with zero attached hydrogens (tertiary/aromatic N) is 2. The van der Waals surface area contributed by atoms with Gasteiger partial charge in [-0.25, -0.2) is 0 Å². The van der Waals surface area contributed by atoms with Gasteiger partial charge in [0.05, 0.1) is 13.7 Å². The van der Waals surface area contributed by atoms with Gasteiger partial charge in [0.1, 0.15) is 11.3 Å². The van der Waals surface area contributed by atoms with Gasteiger partial charge < -0.3 is 19.9 Å². The first kappa shape index (κ1) is 22.3. The summed E-state index contributed by atoms with van der Waals surface area (Å²) in [6, 6.07) is 17.2. The van der Waals surface area contributed by atoms with Gasteiger partial charge in [-0.15, -0.1) is 0 Å². The summed E-state index contributed by atoms with van der Waals surface area (Å²) in [6.07, 6.45) is 3.11. The van der Waals surface area contributed by atoms with Crippen LogP contribution in [-0.4, -0.2) is 34.9 Å². The van der Waals surface area contributed by atoms with Crippen molar-refractivity contribution >= 4 is 11.8 Å². The van der Waals surface area contributed by atoms with E-state index in [2.05, 4.69) is 0 Å². The second-order valence-electron chi connectivity index (χ2n) is 8.17. The molecule has 0 fully saturated rings. The van der Waals surface area contributed by atoms with Gasteiger partial charge in [0.25, 0.3) is 11.5 Å². The van der Waals surface area contributed by atoms with Crippen molar-refractivity contribution in [1.29, 1.82) is 0 Å². The van der Waals surface area contributed by atoms with Crippen molar-refractivity contribution in [3.63, 3.8) is 0 Å². The Bertz CT molecular complexity index is 1230. The van der Waals surface area contributed by atoms with Crippen LogP contribution >= 0.6 is 0 Å². The van der Waals surface area contributed by atoms with E-state index in [1.165, 1.54) is 4.57 Å². The number of benzene rings is 2. The van der Waals surface area contributed by atoms with E-state index in [1.54, 1.807) is 18.2 Å². The molecule has 1 aliphatic heterocycles. The number of carbonyl (C=O) groups excluding carboxylic acids is 2. The lowest BCUT2D eigenvalue weighted by molar-refractivity contribution is -0.132. The van der Waals surface area contributed by atoms with Gasteiger partial charge in [-0.05, 0) is 41.2 Å². The standard InChI is InChI=1S/C26H27N3O4/c1-33-22-10-6-5-9-19(22)11-12-23(30)28-14-13-21-20(16-28)17-29(26(32)24(21)25(27)31)15-18-7-3-2-4-8-18/h2-10,17H,11-16H2,1H3,(H2,27,31). The van der Waals surface area contributed by atoms with Gasteiger partial charge in [-0.2, -0.15) is 0 Å². The number of amides is 2. The maximum atomic E-state index is 13.0. The number of aromatic nitrogens is 1. The molecule has 1 aliphatic rings. The van der Waals surface area contributed by atoms with E-state index < -0.39 is 5.91 Å². The molecule has 170 valence electrons. The number of aryl methyl sites for hydroxylation is 1. The second-order valence-corrected chi connectivity index (χ2v) is 8.17. The zero-order valence-corrected chi connectivity index (χ0v) is 18.6. The number of hydrogen-bond acceptors (Lipinski definition) is 4. The number of rotatable bonds is 7. The molecule has 7 nitrogen and oxygen atoms in total. The lowest BCUT2D eigenvalue weighted by Gasteiger charge is -2.30. The zero-order valence-electron chi connectivity index (χ0n) is 18.6. The minimum atomic E-state index is -0.727. The molecule has 2 N–H and O–H groups in total. The molecule has 0 radical (unpaired) electrons. The van der Waals surface area contributed by atoms with Crippen molar-refractivity contribution in [2.45, 2.75) is 32.4 Å². The van der Waals surface area contributed by atoms with Crippen molar-refractivity contribution in [3.05, 3.63) is 99.0 Å². The monoisotopic (exact) mass is 445 g/mol. The maximum Gasteiger partial charge on any atom is 0.264 e. The highest BCUT2D eigenvalue weighted by molar-refractivity contribution is 5.94. The molecule has 0 unspecified atom stereocenters. The third-order valence-electron chi connectivity index (χ3n) is 6.06. The fourth-order valence-corrected chi connectivity index (χ4v) is 4.38. The van der Waals surface area contributed by atoms with Crippen LogP contribution in [0.2, 0.25) is 0 Å². The Labute approximate surface area is 192 Å². The molecule has 3 aromatic rings. The lowest BCUT2D eigenvalue weighted by atomic mass is 9.95. The highest BCUT2D eigenvalue weighted by atomic mass is 16.5. The van der Waals surface area contributed by atoms with Gasteiger partial charge in [0.2, 0.25) is 5.91 Å². The first-order valence-electron chi connectivity index (χ1n) is 11.0. The fourth-order valence-electron chi connectivity index (χ4n) is 4.38. The fraction of sp³-hybridized carbons (Fsp3) is 0.269. The highest BCUT2D eigenvalue weighted by Gasteiger charge is 2.27. The molecule has 2 heterocycles. The molecule has 0 saturated carbocycles. The van der Waals surface area contributed by atoms with Gasteiger partial charge >= 0.3 is 0 Å². The Morgan fingerprint density at radius 2 is 1.79 bits per heavy atom. The summed E-state index contributed by atoms with van der Waals surface area (Å²) < 4.78 is 6.89. The van der Waals surface area contributed by atoms with Crippen molar-refractivity contribution in [2.75, 3.05) is 13.7 Å². The molecule has 0 aliphatic carbocycles. The molecule has 0 saturated heterocycles. The van der Waals surface area contributed by atoms with E-state index in [-0.39, 0.29) is 17.0 Å². The van der Waals surface area contributed by atoms with E-state index >= 15 is 0 Å². The Morgan fingerprint density at radius 3 is 2.52 bits per heavy atom. The predicted molar refractivity (Wildman–Crippen MR) is 125 cm³/mol. The first-order valence-corrected chi connectivity index (χ1v) is 11.0. The smallest absolute Gasteiger partial charge is 0.264 e. The third kappa shape index (κ3) is 4.82. The third-order valence-corrected chi connectivity index (χ3v) is 6.06. The van der Waals surface area contributed by atoms with Gasteiger partial charge in [0, 0.05) is 25.7 Å². The van der Waals surface area contributed by atoms with E-state index in [9.17, 15) is 14.4 Å². The summed E-state index contributed by atoms with van der Waals surface area (Å²) in [6.45, 7) is 1.12. The summed E-state index contributed by atoms with van der Waals surface area (Å²) >= 11 is 0. The normalized spacial score (nSPS) is 12.8. The molecule has 33 heavy (non-hydrogen) atoms. The zero-order chi connectivity index (χ0) is 23.4. The van der Waals surface area contributed by atoms with Crippen molar-refractivity contribution in [3.8, 4) is 5.75 Å². The van der Waals surface area contributed by atoms with Gasteiger partial charge in [-0.3, -0.25) is 14.4 Å². The molecule has 0 spiro atoms. The summed E-state index contributed by atoms with van der Waals surface area (Å²) in [5.74, 6) is 0.0629. The van der Waals surface area contributed by atoms with Crippen LogP contribution in [0.1, 0.15) is 39.0 Å². The number of fused-ring (bicyclic) bond motifs is 1. The maximum absolute atomic E-state index is 13.0. The number of primary amides is 1. The van der Waals surface area contributed by atoms with Crippen molar-refractivity contribution in [1.82, 2.24) is 9.47 Å². The average Bonchev–Trinajstić information content (AvgIpc) is 2.83. The highest BCUT2D eigenvalue weighted by Crippen LogP contribution is 2.23. The Morgan fingerprint density at radius 1 is 1.06 bits per heavy atom. The quantitative estimate of drug-likeness (QED) is 0.605. The van der Waals surface area contributed by atoms with Crippen LogP contribution < -0.4 is 16.0 Å². The summed E-state index contributed by atoms with van der Waals surface area (Å²) in [7, 11) is 1.62. The van der Waals surface area contributed by atoms with E-state index in [4.69, 9.17) is 10.5 Å². The number of para-hydroxylation sites is 1. The number of methoxy groups -OCH3 is 1. The van der Waals surface area contributed by atoms with E-state index in [1.807, 2.05) is 54.6 Å². The molecule has 7 heteroatoms. The number of hydrogen-bond donors (Lipinski definition) is 1. The van der Waals surface area contributed by atoms with Crippen LogP contribution in [0.4, 0.5) is 0 Å². The summed E-state index contributed by atoms with van der Waals surface area (Å²) in [5.41, 5.74) is 8.61. The Balaban J connectivity index is 1.56. The number of carbonyl (C=O) groups is 2. The van der Waals surface area contributed by atoms with Crippen LogP contribution in [0.3, 0.4) is 0 Å². The molecule has 2 amide bonds. The largest absolute Gasteiger partial charge is 0.496 e. The van der Waals surface area contributed by atoms with Crippen LogP contribution in [0.25, 0.3) is 0 Å². The van der Waals surface area contributed by atoms with Gasteiger partial charge in [0.15, 0.2) is 0 Å². The second kappa shape index (κ2) is 9.73. The topological polar surface area (TPSA) is 94.6 Å². The Hall–Kier alpha value is -3.87. The van der Waals surface area contributed by atoms with Crippen molar-refractivity contribution < 1.29 is 14.3 Å². The molecular formula is C26H27N3O4. The average molecular weight is 446 g/mol. The molecule has 0 bridgehead atoms. The molecule has 4 rings (SSSR count). The number of ether oxygens (including phenoxy) is 1. The van der Waals surface area contributed by atoms with Crippen LogP contribution in [0.15, 0.2) is 65.6 Å². The van der Waals surface area contributed by atoms with E-state index in [0.717, 1.165) is 22.4 Å². The minimum absolute atomic E-state index is 0.0213. The molecule has 2 aromatic carbocycles. The predicted octanol–water partition coefficient (Wildman–Crippen LogP) is 2.52. The van der Waals surface area contributed by atoms with Crippen molar-refractivity contribution in [2.24, 2.45) is 5.73 Å². The van der Waals surface area contributed by atoms with Crippen LogP contribution in [-0.2, 0) is 30.7 Å². The lowest BCUT2D eigenvalue weighted by Crippen LogP contribution is -2.40. The molecule has 1 aromatic heterocycles. The minimum Gasteiger partial charge on any atom is -0.496 e. The van der Waals surface area contributed by atoms with Crippen LogP contribution in [0, 0.1) is 0 Å². The van der Waals surface area contributed by atoms with Crippen LogP contribution in [0.5, 0.6) is 5.75 Å². The summed E-state index contributed by atoms with van der Waals surface area (Å²) in [5, 5.41) is 0.